The second-order valence-electron chi connectivity index (χ2n) is 13.0. The smallest absolute Gasteiger partial charge is 0.231 e. The number of anilines is 2. The molecule has 1 N–H and O–H groups in total. The summed E-state index contributed by atoms with van der Waals surface area (Å²) in [5, 5.41) is 19.3. The van der Waals surface area contributed by atoms with Gasteiger partial charge in [-0.15, -0.1) is 5.10 Å². The van der Waals surface area contributed by atoms with Gasteiger partial charge in [-0.1, -0.05) is 60.7 Å². The molecule has 3 heterocycles. The minimum absolute atomic E-state index is 0.0350. The lowest BCUT2D eigenvalue weighted by Gasteiger charge is -2.46. The maximum atomic E-state index is 13.2. The third-order valence-electron chi connectivity index (χ3n) is 9.94. The number of aromatic nitrogens is 3. The van der Waals surface area contributed by atoms with Crippen LogP contribution in [0.3, 0.4) is 0 Å². The van der Waals surface area contributed by atoms with Gasteiger partial charge in [-0.25, -0.2) is 0 Å². The molecule has 0 bridgehead atoms. The number of aryl methyl sites for hydroxylation is 2. The Hall–Kier alpha value is -3.99. The van der Waals surface area contributed by atoms with Crippen molar-refractivity contribution in [3.05, 3.63) is 89.7 Å². The molecule has 0 fully saturated rings. The Labute approximate surface area is 272 Å². The number of ether oxygens (including phenoxy) is 3. The van der Waals surface area contributed by atoms with E-state index in [-0.39, 0.29) is 36.2 Å². The fourth-order valence-corrected chi connectivity index (χ4v) is 10.8. The number of rotatable bonds is 11. The van der Waals surface area contributed by atoms with Crippen LogP contribution in [0.5, 0.6) is 11.5 Å². The number of fused-ring (bicyclic) bond motifs is 2. The standard InChI is InChI=1S/C36H44N4O5Si/c1-24-35(44-3)30-22-27(40-31-9-7-6-8-25(31)10-17-34(40)42)11-16-32(30)45-36(24)33(18-20-39-23-26(19-21-41)37-38-39)46(4,5)29-14-12-28(43-2)13-15-29/h6-9,11-16,22-24,33,35-36,41H,10,17-21H2,1-5H3/t24-,33?,35-,36-/m0/s1. The van der Waals surface area contributed by atoms with Crippen LogP contribution in [-0.4, -0.2) is 61.0 Å². The summed E-state index contributed by atoms with van der Waals surface area (Å²) < 4.78 is 20.6. The van der Waals surface area contributed by atoms with Crippen molar-refractivity contribution < 1.29 is 24.1 Å². The lowest BCUT2D eigenvalue weighted by Crippen LogP contribution is -2.54. The van der Waals surface area contributed by atoms with E-state index in [2.05, 4.69) is 54.6 Å². The van der Waals surface area contributed by atoms with Crippen LogP contribution < -0.4 is 19.6 Å². The number of hydrogen-bond donors (Lipinski definition) is 1. The lowest BCUT2D eigenvalue weighted by molar-refractivity contribution is -0.118. The summed E-state index contributed by atoms with van der Waals surface area (Å²) >= 11 is 0. The van der Waals surface area contributed by atoms with Gasteiger partial charge in [0, 0.05) is 56.5 Å². The molecule has 1 aromatic heterocycles. The van der Waals surface area contributed by atoms with Gasteiger partial charge in [0.1, 0.15) is 17.6 Å². The maximum Gasteiger partial charge on any atom is 0.231 e. The van der Waals surface area contributed by atoms with Gasteiger partial charge < -0.3 is 19.3 Å². The summed E-state index contributed by atoms with van der Waals surface area (Å²) in [5.41, 5.74) is 4.90. The Morgan fingerprint density at radius 2 is 1.85 bits per heavy atom. The first kappa shape index (κ1) is 32.0. The van der Waals surface area contributed by atoms with Crippen LogP contribution in [0.15, 0.2) is 72.9 Å². The van der Waals surface area contributed by atoms with Crippen LogP contribution in [0.4, 0.5) is 11.4 Å². The van der Waals surface area contributed by atoms with Crippen molar-refractivity contribution in [2.45, 2.75) is 70.0 Å². The number of para-hydroxylation sites is 1. The van der Waals surface area contributed by atoms with E-state index in [1.165, 1.54) is 10.8 Å². The third kappa shape index (κ3) is 6.09. The van der Waals surface area contributed by atoms with E-state index in [4.69, 9.17) is 14.2 Å². The zero-order valence-corrected chi connectivity index (χ0v) is 28.3. The van der Waals surface area contributed by atoms with Crippen LogP contribution in [0.2, 0.25) is 18.6 Å². The first-order valence-corrected chi connectivity index (χ1v) is 19.2. The number of carbonyl (C=O) groups excluding carboxylic acids is 1. The molecule has 9 nitrogen and oxygen atoms in total. The third-order valence-corrected chi connectivity index (χ3v) is 14.2. The average Bonchev–Trinajstić information content (AvgIpc) is 3.52. The van der Waals surface area contributed by atoms with E-state index in [0.29, 0.717) is 19.4 Å². The van der Waals surface area contributed by atoms with E-state index in [9.17, 15) is 9.90 Å². The number of carbonyl (C=O) groups is 1. The predicted octanol–water partition coefficient (Wildman–Crippen LogP) is 5.59. The molecule has 4 atom stereocenters. The lowest BCUT2D eigenvalue weighted by atomic mass is 9.86. The van der Waals surface area contributed by atoms with Gasteiger partial charge in [-0.3, -0.25) is 14.4 Å². The summed E-state index contributed by atoms with van der Waals surface area (Å²) in [4.78, 5) is 15.1. The Kier molecular flexibility index (Phi) is 9.31. The van der Waals surface area contributed by atoms with Crippen LogP contribution in [-0.2, 0) is 28.9 Å². The van der Waals surface area contributed by atoms with Gasteiger partial charge in [0.05, 0.1) is 32.7 Å². The minimum Gasteiger partial charge on any atom is -0.497 e. The van der Waals surface area contributed by atoms with Crippen molar-refractivity contribution in [2.24, 2.45) is 5.92 Å². The van der Waals surface area contributed by atoms with Gasteiger partial charge in [-0.05, 0) is 60.3 Å². The summed E-state index contributed by atoms with van der Waals surface area (Å²) in [7, 11) is 1.28. The van der Waals surface area contributed by atoms with Crippen molar-refractivity contribution in [2.75, 3.05) is 25.7 Å². The molecular weight excluding hydrogens is 597 g/mol. The summed E-state index contributed by atoms with van der Waals surface area (Å²) in [6.45, 7) is 7.77. The largest absolute Gasteiger partial charge is 0.497 e. The van der Waals surface area contributed by atoms with Crippen molar-refractivity contribution in [3.63, 3.8) is 0 Å². The van der Waals surface area contributed by atoms with Gasteiger partial charge in [0.25, 0.3) is 0 Å². The van der Waals surface area contributed by atoms with Gasteiger partial charge >= 0.3 is 0 Å². The Bertz CT molecular complexity index is 1670. The highest BCUT2D eigenvalue weighted by atomic mass is 28.3. The molecule has 4 aromatic rings. The highest BCUT2D eigenvalue weighted by Gasteiger charge is 2.47. The number of amides is 1. The molecule has 242 valence electrons. The molecule has 0 saturated heterocycles. The SMILES string of the molecule is COc1ccc([Si](C)(C)C(CCn2cc(CCO)nn2)[C@H]2Oc3ccc(N4C(=O)CCc5ccccc54)cc3[C@@H](OC)[C@@H]2C)cc1. The van der Waals surface area contributed by atoms with Crippen molar-refractivity contribution in [1.29, 1.82) is 0 Å². The van der Waals surface area contributed by atoms with E-state index < -0.39 is 8.07 Å². The number of nitrogens with zero attached hydrogens (tertiary/aromatic N) is 4. The van der Waals surface area contributed by atoms with E-state index in [1.54, 1.807) is 14.2 Å². The molecule has 0 aliphatic carbocycles. The number of benzene rings is 3. The summed E-state index contributed by atoms with van der Waals surface area (Å²) in [5.74, 6) is 1.77. The first-order valence-electron chi connectivity index (χ1n) is 16.1. The zero-order valence-electron chi connectivity index (χ0n) is 27.3. The molecule has 3 aromatic carbocycles. The molecule has 0 radical (unpaired) electrons. The predicted molar refractivity (Wildman–Crippen MR) is 181 cm³/mol. The fraction of sp³-hybridized carbons (Fsp3) is 0.417. The molecule has 46 heavy (non-hydrogen) atoms. The average molecular weight is 641 g/mol. The fourth-order valence-electron chi connectivity index (χ4n) is 7.33. The molecule has 0 saturated carbocycles. The molecule has 6 rings (SSSR count). The van der Waals surface area contributed by atoms with Gasteiger partial charge in [0.15, 0.2) is 0 Å². The number of methoxy groups -OCH3 is 2. The first-order chi connectivity index (χ1) is 22.2. The van der Waals surface area contributed by atoms with Crippen molar-refractivity contribution >= 4 is 30.5 Å². The molecule has 10 heteroatoms. The normalized spacial score (nSPS) is 20.1. The highest BCUT2D eigenvalue weighted by Crippen LogP contribution is 2.49. The topological polar surface area (TPSA) is 98.9 Å². The Morgan fingerprint density at radius 1 is 1.07 bits per heavy atom. The van der Waals surface area contributed by atoms with Crippen molar-refractivity contribution in [1.82, 2.24) is 15.0 Å². The number of hydrogen-bond acceptors (Lipinski definition) is 7. The molecule has 2 aliphatic rings. The second-order valence-corrected chi connectivity index (χ2v) is 17.7. The van der Waals surface area contributed by atoms with Gasteiger partial charge in [-0.2, -0.15) is 0 Å². The summed E-state index contributed by atoms with van der Waals surface area (Å²) in [6, 6.07) is 22.7. The molecule has 1 unspecified atom stereocenters. The molecular formula is C36H44N4O5Si. The molecule has 1 amide bonds. The second kappa shape index (κ2) is 13.4. The van der Waals surface area contributed by atoms with Crippen LogP contribution in [0, 0.1) is 5.92 Å². The van der Waals surface area contributed by atoms with Crippen molar-refractivity contribution in [3.8, 4) is 11.5 Å². The van der Waals surface area contributed by atoms with E-state index >= 15 is 0 Å². The maximum absolute atomic E-state index is 13.2. The Morgan fingerprint density at radius 3 is 2.59 bits per heavy atom. The van der Waals surface area contributed by atoms with Gasteiger partial charge in [0.2, 0.25) is 5.91 Å². The van der Waals surface area contributed by atoms with Crippen LogP contribution >= 0.6 is 0 Å². The number of aliphatic hydroxyl groups excluding tert-OH is 1. The van der Waals surface area contributed by atoms with E-state index in [1.807, 2.05) is 58.2 Å². The number of aliphatic hydroxyl groups is 1. The Balaban J connectivity index is 1.35. The molecule has 0 spiro atoms. The van der Waals surface area contributed by atoms with Crippen LogP contribution in [0.1, 0.15) is 42.7 Å². The summed E-state index contributed by atoms with van der Waals surface area (Å²) in [6.07, 6.45) is 4.16. The highest BCUT2D eigenvalue weighted by molar-refractivity contribution is 6.91. The van der Waals surface area contributed by atoms with E-state index in [0.717, 1.165) is 47.0 Å². The minimum atomic E-state index is -2.18. The quantitative estimate of drug-likeness (QED) is 0.213. The van der Waals surface area contributed by atoms with Crippen LogP contribution in [0.25, 0.3) is 0 Å². The zero-order chi connectivity index (χ0) is 32.4. The monoisotopic (exact) mass is 640 g/mol. The molecule has 2 aliphatic heterocycles.